The monoisotopic (exact) mass is 466 g/mol. The van der Waals surface area contributed by atoms with Crippen molar-refractivity contribution in [2.75, 3.05) is 13.2 Å². The summed E-state index contributed by atoms with van der Waals surface area (Å²) in [7, 11) is 0. The Morgan fingerprint density at radius 1 is 1.09 bits per heavy atom. The van der Waals surface area contributed by atoms with Crippen LogP contribution in [0.15, 0.2) is 48.5 Å². The topological polar surface area (TPSA) is 114 Å². The molecule has 8 nitrogen and oxygen atoms in total. The van der Waals surface area contributed by atoms with Crippen LogP contribution in [0.2, 0.25) is 0 Å². The minimum Gasteiger partial charge on any atom is -0.479 e. The zero-order chi connectivity index (χ0) is 24.1. The van der Waals surface area contributed by atoms with Crippen LogP contribution in [0.1, 0.15) is 49.7 Å². The van der Waals surface area contributed by atoms with Crippen LogP contribution in [0.5, 0.6) is 0 Å². The summed E-state index contributed by atoms with van der Waals surface area (Å²) < 4.78 is 10.7. The van der Waals surface area contributed by atoms with Crippen molar-refractivity contribution in [3.05, 3.63) is 59.7 Å². The number of fused-ring (bicyclic) bond motifs is 3. The second-order valence-corrected chi connectivity index (χ2v) is 8.71. The largest absolute Gasteiger partial charge is 0.479 e. The summed E-state index contributed by atoms with van der Waals surface area (Å²) in [4.78, 5) is 36.0. The molecular formula is C26H30N2O6. The SMILES string of the molecule is CCC(CCC(=O)N[C@@H]1CCO[C@@H]1C(=O)O)NC(=O)OCC1c2ccccc2-c2ccccc21. The summed E-state index contributed by atoms with van der Waals surface area (Å²) >= 11 is 0. The fourth-order valence-electron chi connectivity index (χ4n) is 4.75. The lowest BCUT2D eigenvalue weighted by molar-refractivity contribution is -0.148. The van der Waals surface area contributed by atoms with E-state index in [0.717, 1.165) is 11.1 Å². The second-order valence-electron chi connectivity index (χ2n) is 8.71. The molecule has 34 heavy (non-hydrogen) atoms. The van der Waals surface area contributed by atoms with Crippen molar-refractivity contribution in [1.82, 2.24) is 10.6 Å². The van der Waals surface area contributed by atoms with Gasteiger partial charge in [0, 0.05) is 25.0 Å². The van der Waals surface area contributed by atoms with Gasteiger partial charge in [-0.05, 0) is 41.5 Å². The third-order valence-corrected chi connectivity index (χ3v) is 6.56. The molecule has 3 N–H and O–H groups in total. The summed E-state index contributed by atoms with van der Waals surface area (Å²) in [6.45, 7) is 2.47. The van der Waals surface area contributed by atoms with Crippen molar-refractivity contribution >= 4 is 18.0 Å². The quantitative estimate of drug-likeness (QED) is 0.522. The van der Waals surface area contributed by atoms with Gasteiger partial charge in [-0.2, -0.15) is 0 Å². The minimum atomic E-state index is -1.08. The molecule has 2 aromatic rings. The Hall–Kier alpha value is -3.39. The van der Waals surface area contributed by atoms with Gasteiger partial charge in [-0.1, -0.05) is 55.5 Å². The number of rotatable bonds is 9. The molecule has 0 spiro atoms. The molecule has 1 aliphatic carbocycles. The first kappa shape index (κ1) is 23.8. The highest BCUT2D eigenvalue weighted by atomic mass is 16.5. The Labute approximate surface area is 198 Å². The molecule has 1 saturated heterocycles. The molecule has 1 heterocycles. The first-order valence-electron chi connectivity index (χ1n) is 11.7. The zero-order valence-electron chi connectivity index (χ0n) is 19.2. The number of carbonyl (C=O) groups is 3. The summed E-state index contributed by atoms with van der Waals surface area (Å²) in [5, 5.41) is 14.7. The number of alkyl carbamates (subject to hydrolysis) is 1. The molecule has 0 radical (unpaired) electrons. The molecule has 8 heteroatoms. The third-order valence-electron chi connectivity index (χ3n) is 6.56. The van der Waals surface area contributed by atoms with Crippen molar-refractivity contribution in [1.29, 1.82) is 0 Å². The summed E-state index contributed by atoms with van der Waals surface area (Å²) in [5.41, 5.74) is 4.64. The molecular weight excluding hydrogens is 436 g/mol. The van der Waals surface area contributed by atoms with Gasteiger partial charge < -0.3 is 25.2 Å². The number of carbonyl (C=O) groups excluding carboxylic acids is 2. The number of carboxylic acids is 1. The molecule has 180 valence electrons. The Morgan fingerprint density at radius 3 is 2.35 bits per heavy atom. The van der Waals surface area contributed by atoms with E-state index in [1.165, 1.54) is 11.1 Å². The van der Waals surface area contributed by atoms with Crippen LogP contribution in [0.3, 0.4) is 0 Å². The van der Waals surface area contributed by atoms with Crippen molar-refractivity contribution in [2.24, 2.45) is 0 Å². The van der Waals surface area contributed by atoms with Crippen LogP contribution in [-0.4, -0.2) is 54.5 Å². The number of nitrogens with one attached hydrogen (secondary N) is 2. The smallest absolute Gasteiger partial charge is 0.407 e. The van der Waals surface area contributed by atoms with E-state index in [1.54, 1.807) is 0 Å². The molecule has 3 atom stereocenters. The van der Waals surface area contributed by atoms with E-state index in [1.807, 2.05) is 31.2 Å². The van der Waals surface area contributed by atoms with Gasteiger partial charge in [0.25, 0.3) is 0 Å². The van der Waals surface area contributed by atoms with Crippen LogP contribution in [0.4, 0.5) is 4.79 Å². The van der Waals surface area contributed by atoms with Gasteiger partial charge >= 0.3 is 12.1 Å². The van der Waals surface area contributed by atoms with E-state index in [-0.39, 0.29) is 30.9 Å². The normalized spacial score (nSPS) is 19.7. The van der Waals surface area contributed by atoms with Gasteiger partial charge in [0.05, 0.1) is 6.04 Å². The highest BCUT2D eigenvalue weighted by Gasteiger charge is 2.35. The molecule has 0 aromatic heterocycles. The van der Waals surface area contributed by atoms with Crippen molar-refractivity contribution < 1.29 is 29.0 Å². The van der Waals surface area contributed by atoms with Crippen molar-refractivity contribution in [3.8, 4) is 11.1 Å². The molecule has 2 aliphatic rings. The van der Waals surface area contributed by atoms with Gasteiger partial charge in [0.15, 0.2) is 6.10 Å². The van der Waals surface area contributed by atoms with Crippen LogP contribution in [-0.2, 0) is 19.1 Å². The maximum Gasteiger partial charge on any atom is 0.407 e. The molecule has 0 saturated carbocycles. The lowest BCUT2D eigenvalue weighted by Gasteiger charge is -2.20. The number of hydrogen-bond donors (Lipinski definition) is 3. The van der Waals surface area contributed by atoms with Crippen LogP contribution in [0.25, 0.3) is 11.1 Å². The maximum absolute atomic E-state index is 12.5. The van der Waals surface area contributed by atoms with Crippen LogP contribution in [0, 0.1) is 0 Å². The summed E-state index contributed by atoms with van der Waals surface area (Å²) in [6.07, 6.45) is 0.192. The molecule has 2 amide bonds. The Bertz CT molecular complexity index is 1010. The van der Waals surface area contributed by atoms with E-state index in [9.17, 15) is 14.4 Å². The van der Waals surface area contributed by atoms with E-state index in [2.05, 4.69) is 34.9 Å². The summed E-state index contributed by atoms with van der Waals surface area (Å²) in [5.74, 6) is -1.35. The first-order chi connectivity index (χ1) is 16.5. The Balaban J connectivity index is 1.26. The predicted molar refractivity (Wildman–Crippen MR) is 125 cm³/mol. The fraction of sp³-hybridized carbons (Fsp3) is 0.423. The Kier molecular flexibility index (Phi) is 7.47. The number of benzene rings is 2. The highest BCUT2D eigenvalue weighted by molar-refractivity contribution is 5.80. The van der Waals surface area contributed by atoms with Crippen molar-refractivity contribution in [3.63, 3.8) is 0 Å². The number of amides is 2. The van der Waals surface area contributed by atoms with Crippen LogP contribution >= 0.6 is 0 Å². The predicted octanol–water partition coefficient (Wildman–Crippen LogP) is 3.44. The first-order valence-corrected chi connectivity index (χ1v) is 11.7. The van der Waals surface area contributed by atoms with Gasteiger partial charge in [-0.3, -0.25) is 4.79 Å². The maximum atomic E-state index is 12.5. The van der Waals surface area contributed by atoms with Crippen LogP contribution < -0.4 is 10.6 Å². The summed E-state index contributed by atoms with van der Waals surface area (Å²) in [6, 6.07) is 15.6. The number of carboxylic acid groups (broad SMARTS) is 1. The standard InChI is InChI=1S/C26H30N2O6/c1-2-16(11-12-23(29)28-22-13-14-33-24(22)25(30)31)27-26(32)34-15-21-19-9-5-3-7-17(19)18-8-4-6-10-20(18)21/h3-10,16,21-22,24H,2,11-15H2,1H3,(H,27,32)(H,28,29)(H,30,31)/t16?,22-,24+/m1/s1. The average molecular weight is 467 g/mol. The van der Waals surface area contributed by atoms with E-state index >= 15 is 0 Å². The molecule has 4 rings (SSSR count). The molecule has 1 unspecified atom stereocenters. The minimum absolute atomic E-state index is 0.0141. The number of hydrogen-bond acceptors (Lipinski definition) is 5. The van der Waals surface area contributed by atoms with Gasteiger partial charge in [0.2, 0.25) is 5.91 Å². The lowest BCUT2D eigenvalue weighted by Crippen LogP contribution is -2.44. The third kappa shape index (κ3) is 5.22. The molecule has 1 fully saturated rings. The Morgan fingerprint density at radius 2 is 1.74 bits per heavy atom. The fourth-order valence-corrected chi connectivity index (χ4v) is 4.75. The van der Waals surface area contributed by atoms with E-state index in [4.69, 9.17) is 14.6 Å². The second kappa shape index (κ2) is 10.7. The van der Waals surface area contributed by atoms with Crippen molar-refractivity contribution in [2.45, 2.75) is 56.7 Å². The average Bonchev–Trinajstić information content (AvgIpc) is 3.43. The zero-order valence-corrected chi connectivity index (χ0v) is 19.2. The lowest BCUT2D eigenvalue weighted by atomic mass is 9.98. The van der Waals surface area contributed by atoms with Gasteiger partial charge in [-0.25, -0.2) is 9.59 Å². The van der Waals surface area contributed by atoms with Gasteiger partial charge in [-0.15, -0.1) is 0 Å². The van der Waals surface area contributed by atoms with E-state index < -0.39 is 24.2 Å². The molecule has 0 bridgehead atoms. The van der Waals surface area contributed by atoms with Gasteiger partial charge in [0.1, 0.15) is 6.61 Å². The number of ether oxygens (including phenoxy) is 2. The number of aliphatic carboxylic acids is 1. The van der Waals surface area contributed by atoms with E-state index in [0.29, 0.717) is 25.9 Å². The molecule has 1 aliphatic heterocycles. The molecule has 2 aromatic carbocycles. The highest BCUT2D eigenvalue weighted by Crippen LogP contribution is 2.44.